The second-order valence-electron chi connectivity index (χ2n) is 8.18. The van der Waals surface area contributed by atoms with Crippen molar-refractivity contribution in [3.05, 3.63) is 95.0 Å². The average Bonchev–Trinajstić information content (AvgIpc) is 2.88. The minimum Gasteiger partial charge on any atom is -0.311 e. The third-order valence-electron chi connectivity index (χ3n) is 5.83. The first-order chi connectivity index (χ1) is 17.2. The van der Waals surface area contributed by atoms with Gasteiger partial charge in [0.25, 0.3) is 5.56 Å². The molecule has 36 heavy (non-hydrogen) atoms. The maximum atomic E-state index is 13.4. The number of carbonyl (C=O) groups excluding carboxylic acids is 1. The second kappa shape index (κ2) is 8.92. The van der Waals surface area contributed by atoms with E-state index in [2.05, 4.69) is 15.3 Å². The Bertz CT molecular complexity index is 1680. The lowest BCUT2D eigenvalue weighted by atomic mass is 10.0. The highest BCUT2D eigenvalue weighted by atomic mass is 19.4. The number of nitrogens with one attached hydrogen (secondary N) is 1. The summed E-state index contributed by atoms with van der Waals surface area (Å²) < 4.78 is 41.4. The summed E-state index contributed by atoms with van der Waals surface area (Å²) >= 11 is 0. The maximum Gasteiger partial charge on any atom is 0.416 e. The number of rotatable bonds is 4. The number of fused-ring (bicyclic) bond motifs is 3. The van der Waals surface area contributed by atoms with Gasteiger partial charge >= 0.3 is 6.18 Å². The molecule has 0 aliphatic rings. The van der Waals surface area contributed by atoms with Gasteiger partial charge < -0.3 is 5.32 Å². The van der Waals surface area contributed by atoms with E-state index in [9.17, 15) is 22.8 Å². The van der Waals surface area contributed by atoms with Gasteiger partial charge in [0.1, 0.15) is 5.82 Å². The molecule has 0 saturated carbocycles. The van der Waals surface area contributed by atoms with Crippen LogP contribution >= 0.6 is 0 Å². The van der Waals surface area contributed by atoms with Gasteiger partial charge in [-0.25, -0.2) is 4.98 Å². The number of benzene rings is 2. The molecular formula is C27H19F3N4O2. The fourth-order valence-electron chi connectivity index (χ4n) is 4.04. The first kappa shape index (κ1) is 23.2. The Morgan fingerprint density at radius 3 is 2.47 bits per heavy atom. The Hall–Kier alpha value is -4.53. The average molecular weight is 488 g/mol. The number of aromatic nitrogens is 3. The molecule has 0 saturated heterocycles. The van der Waals surface area contributed by atoms with E-state index in [0.29, 0.717) is 34.0 Å². The highest BCUT2D eigenvalue weighted by Crippen LogP contribution is 2.32. The Kier molecular flexibility index (Phi) is 5.75. The van der Waals surface area contributed by atoms with Gasteiger partial charge in [-0.05, 0) is 54.1 Å². The molecule has 0 unspecified atom stereocenters. The predicted molar refractivity (Wildman–Crippen MR) is 132 cm³/mol. The van der Waals surface area contributed by atoms with E-state index >= 15 is 0 Å². The molecule has 0 fully saturated rings. The number of nitrogens with zero attached hydrogens (tertiary/aromatic N) is 3. The molecule has 180 valence electrons. The maximum absolute atomic E-state index is 13.4. The van der Waals surface area contributed by atoms with E-state index in [0.717, 1.165) is 23.3 Å². The van der Waals surface area contributed by atoms with Gasteiger partial charge in [-0.15, -0.1) is 0 Å². The molecule has 9 heteroatoms. The van der Waals surface area contributed by atoms with Gasteiger partial charge in [0.2, 0.25) is 5.91 Å². The van der Waals surface area contributed by atoms with Crippen molar-refractivity contribution in [3.63, 3.8) is 0 Å². The van der Waals surface area contributed by atoms with Gasteiger partial charge in [-0.3, -0.25) is 19.1 Å². The van der Waals surface area contributed by atoms with Gasteiger partial charge in [0, 0.05) is 46.9 Å². The Labute approximate surface area is 203 Å². The monoisotopic (exact) mass is 488 g/mol. The molecule has 3 aromatic heterocycles. The molecule has 0 bridgehead atoms. The highest BCUT2D eigenvalue weighted by molar-refractivity contribution is 6.05. The Morgan fingerprint density at radius 2 is 1.75 bits per heavy atom. The number of hydrogen-bond donors (Lipinski definition) is 1. The van der Waals surface area contributed by atoms with E-state index < -0.39 is 17.3 Å². The summed E-state index contributed by atoms with van der Waals surface area (Å²) in [6.45, 7) is 1.75. The van der Waals surface area contributed by atoms with Crippen molar-refractivity contribution in [2.45, 2.75) is 19.5 Å². The Balaban J connectivity index is 1.70. The number of anilines is 1. The number of alkyl halides is 3. The van der Waals surface area contributed by atoms with E-state index in [1.54, 1.807) is 43.6 Å². The van der Waals surface area contributed by atoms with Gasteiger partial charge in [-0.2, -0.15) is 13.2 Å². The zero-order chi connectivity index (χ0) is 25.4. The molecule has 5 aromatic rings. The lowest BCUT2D eigenvalue weighted by Gasteiger charge is -2.15. The summed E-state index contributed by atoms with van der Waals surface area (Å²) in [5.41, 5.74) is 1.36. The first-order valence-corrected chi connectivity index (χ1v) is 11.1. The number of hydrogen-bond acceptors (Lipinski definition) is 4. The third-order valence-corrected chi connectivity index (χ3v) is 5.83. The minimum absolute atomic E-state index is 0.107. The minimum atomic E-state index is -4.54. The molecule has 0 spiro atoms. The molecule has 2 aromatic carbocycles. The molecule has 0 aliphatic heterocycles. The molecule has 5 rings (SSSR count). The second-order valence-corrected chi connectivity index (χ2v) is 8.18. The van der Waals surface area contributed by atoms with Crippen molar-refractivity contribution in [3.8, 4) is 16.8 Å². The fraction of sp³-hybridized carbons (Fsp3) is 0.111. The van der Waals surface area contributed by atoms with Crippen molar-refractivity contribution < 1.29 is 18.0 Å². The van der Waals surface area contributed by atoms with Gasteiger partial charge in [-0.1, -0.05) is 19.1 Å². The van der Waals surface area contributed by atoms with E-state index in [1.165, 1.54) is 22.8 Å². The van der Waals surface area contributed by atoms with Gasteiger partial charge in [0.15, 0.2) is 0 Å². The molecule has 1 N–H and O–H groups in total. The van der Waals surface area contributed by atoms with Crippen LogP contribution < -0.4 is 10.9 Å². The fourth-order valence-corrected chi connectivity index (χ4v) is 4.04. The third kappa shape index (κ3) is 4.31. The summed E-state index contributed by atoms with van der Waals surface area (Å²) in [6.07, 6.45) is -1.00. The molecule has 6 nitrogen and oxygen atoms in total. The quantitative estimate of drug-likeness (QED) is 0.316. The molecule has 3 heterocycles. The van der Waals surface area contributed by atoms with Crippen LogP contribution in [0.2, 0.25) is 0 Å². The van der Waals surface area contributed by atoms with Crippen molar-refractivity contribution in [1.29, 1.82) is 0 Å². The topological polar surface area (TPSA) is 76.9 Å². The van der Waals surface area contributed by atoms with Crippen LogP contribution in [0, 0.1) is 0 Å². The van der Waals surface area contributed by atoms with Gasteiger partial charge in [0.05, 0.1) is 16.6 Å². The lowest BCUT2D eigenvalue weighted by molar-refractivity contribution is -0.137. The highest BCUT2D eigenvalue weighted by Gasteiger charge is 2.30. The smallest absolute Gasteiger partial charge is 0.311 e. The van der Waals surface area contributed by atoms with Crippen LogP contribution in [0.1, 0.15) is 18.9 Å². The van der Waals surface area contributed by atoms with Crippen LogP contribution in [0.15, 0.2) is 83.9 Å². The standard InChI is InChI=1S/C27H19F3N4O2/c1-2-24(35)33-23-10-7-17(14-32-23)16-6-9-22-21(12-16)26-18(15-31-22)8-11-25(36)34(26)20-5-3-4-19(13-20)27(28,29)30/h3-15H,2H2,1H3,(H,32,33,35). The van der Waals surface area contributed by atoms with E-state index in [1.807, 2.05) is 12.1 Å². The zero-order valence-electron chi connectivity index (χ0n) is 19.0. The van der Waals surface area contributed by atoms with Crippen molar-refractivity contribution in [2.75, 3.05) is 5.32 Å². The molecular weight excluding hydrogens is 469 g/mol. The molecule has 0 aliphatic carbocycles. The van der Waals surface area contributed by atoms with Crippen molar-refractivity contribution in [1.82, 2.24) is 14.5 Å². The van der Waals surface area contributed by atoms with Crippen LogP contribution in [-0.2, 0) is 11.0 Å². The molecule has 0 radical (unpaired) electrons. The van der Waals surface area contributed by atoms with E-state index in [4.69, 9.17) is 0 Å². The summed E-state index contributed by atoms with van der Waals surface area (Å²) in [4.78, 5) is 33.3. The number of halogens is 3. The number of amides is 1. The lowest BCUT2D eigenvalue weighted by Crippen LogP contribution is -2.18. The molecule has 0 atom stereocenters. The normalized spacial score (nSPS) is 11.7. The summed E-state index contributed by atoms with van der Waals surface area (Å²) in [6, 6.07) is 16.5. The molecule has 1 amide bonds. The first-order valence-electron chi connectivity index (χ1n) is 11.1. The van der Waals surface area contributed by atoms with Crippen LogP contribution in [0.4, 0.5) is 19.0 Å². The largest absolute Gasteiger partial charge is 0.416 e. The number of carbonyl (C=O) groups is 1. The van der Waals surface area contributed by atoms with E-state index in [-0.39, 0.29) is 11.6 Å². The van der Waals surface area contributed by atoms with Crippen LogP contribution in [0.5, 0.6) is 0 Å². The summed E-state index contributed by atoms with van der Waals surface area (Å²) in [5, 5.41) is 3.90. The van der Waals surface area contributed by atoms with Crippen LogP contribution in [-0.4, -0.2) is 20.4 Å². The zero-order valence-corrected chi connectivity index (χ0v) is 19.0. The summed E-state index contributed by atoms with van der Waals surface area (Å²) in [7, 11) is 0. The predicted octanol–water partition coefficient (Wildman–Crippen LogP) is 5.97. The summed E-state index contributed by atoms with van der Waals surface area (Å²) in [5.74, 6) is 0.281. The van der Waals surface area contributed by atoms with Crippen molar-refractivity contribution >= 4 is 33.5 Å². The SMILES string of the molecule is CCC(=O)Nc1ccc(-c2ccc3ncc4ccc(=O)n(-c5cccc(C(F)(F)F)c5)c4c3c2)cn1. The number of pyridine rings is 3. The van der Waals surface area contributed by atoms with Crippen LogP contribution in [0.3, 0.4) is 0 Å². The van der Waals surface area contributed by atoms with Crippen LogP contribution in [0.25, 0.3) is 38.6 Å². The van der Waals surface area contributed by atoms with Crippen molar-refractivity contribution in [2.24, 2.45) is 0 Å². The Morgan fingerprint density at radius 1 is 0.944 bits per heavy atom.